The predicted molar refractivity (Wildman–Crippen MR) is 59.8 cm³/mol. The molecule has 76 valence electrons. The monoisotopic (exact) mass is 209 g/mol. The highest BCUT2D eigenvalue weighted by Gasteiger charge is 2.24. The van der Waals surface area contributed by atoms with Crippen molar-refractivity contribution in [3.8, 4) is 0 Å². The van der Waals surface area contributed by atoms with E-state index >= 15 is 0 Å². The number of benzene rings is 1. The fourth-order valence-electron chi connectivity index (χ4n) is 1.74. The predicted octanol–water partition coefficient (Wildman–Crippen LogP) is 2.36. The van der Waals surface area contributed by atoms with Gasteiger partial charge in [-0.1, -0.05) is 30.3 Å². The summed E-state index contributed by atoms with van der Waals surface area (Å²) in [4.78, 5) is 11.8. The van der Waals surface area contributed by atoms with Crippen LogP contribution in [-0.4, -0.2) is 11.5 Å². The molecule has 0 aromatic heterocycles. The molecule has 1 aromatic rings. The van der Waals surface area contributed by atoms with Crippen LogP contribution in [0, 0.1) is 0 Å². The van der Waals surface area contributed by atoms with Crippen LogP contribution in [0.3, 0.4) is 0 Å². The topological polar surface area (TPSA) is 54.1 Å². The van der Waals surface area contributed by atoms with Crippen LogP contribution >= 0.6 is 0 Å². The smallest absolute Gasteiger partial charge is 0.188 e. The van der Waals surface area contributed by atoms with Crippen molar-refractivity contribution >= 4 is 17.1 Å². The first-order valence-corrected chi connectivity index (χ1v) is 4.87. The molecule has 16 heavy (non-hydrogen) atoms. The molecule has 1 heterocycles. The number of hydrogen-bond acceptors (Lipinski definition) is 4. The molecule has 0 amide bonds. The lowest BCUT2D eigenvalue weighted by Crippen LogP contribution is -2.10. The Labute approximate surface area is 91.7 Å². The summed E-state index contributed by atoms with van der Waals surface area (Å²) in [6.07, 6.45) is 3.14. The number of fused-ring (bicyclic) bond motifs is 1. The molecule has 1 aliphatic carbocycles. The highest BCUT2D eigenvalue weighted by Crippen LogP contribution is 2.28. The van der Waals surface area contributed by atoms with Crippen molar-refractivity contribution < 1.29 is 4.79 Å². The molecule has 1 aromatic carbocycles. The summed E-state index contributed by atoms with van der Waals surface area (Å²) < 4.78 is 0. The maximum atomic E-state index is 11.8. The van der Waals surface area contributed by atoms with Gasteiger partial charge in [0.25, 0.3) is 0 Å². The summed E-state index contributed by atoms with van der Waals surface area (Å²) in [5.41, 5.74) is 2.64. The van der Waals surface area contributed by atoms with Gasteiger partial charge in [-0.25, -0.2) is 0 Å². The lowest BCUT2D eigenvalue weighted by atomic mass is 9.94. The third-order valence-corrected chi connectivity index (χ3v) is 2.48. The minimum Gasteiger partial charge on any atom is -0.289 e. The van der Waals surface area contributed by atoms with Crippen molar-refractivity contribution in [1.82, 2.24) is 0 Å². The first-order valence-electron chi connectivity index (χ1n) is 4.87. The molecule has 2 aliphatic rings. The number of ketones is 1. The summed E-state index contributed by atoms with van der Waals surface area (Å²) in [5, 5.41) is 11.3. The first-order chi connectivity index (χ1) is 7.86. The molecular weight excluding hydrogens is 202 g/mol. The zero-order chi connectivity index (χ0) is 11.0. The van der Waals surface area contributed by atoms with E-state index in [-0.39, 0.29) is 5.78 Å². The van der Waals surface area contributed by atoms with Gasteiger partial charge in [-0.2, -0.15) is 0 Å². The molecule has 3 rings (SSSR count). The van der Waals surface area contributed by atoms with Crippen LogP contribution in [0.15, 0.2) is 63.6 Å². The van der Waals surface area contributed by atoms with Crippen molar-refractivity contribution in [3.05, 3.63) is 53.7 Å². The van der Waals surface area contributed by atoms with Crippen LogP contribution in [0.1, 0.15) is 5.56 Å². The van der Waals surface area contributed by atoms with E-state index in [4.69, 9.17) is 0 Å². The highest BCUT2D eigenvalue weighted by molar-refractivity contribution is 6.37. The maximum Gasteiger partial charge on any atom is 0.188 e. The van der Waals surface area contributed by atoms with E-state index in [1.54, 1.807) is 6.08 Å². The highest BCUT2D eigenvalue weighted by atomic mass is 16.1. The van der Waals surface area contributed by atoms with Gasteiger partial charge in [0, 0.05) is 0 Å². The van der Waals surface area contributed by atoms with Crippen molar-refractivity contribution in [2.45, 2.75) is 0 Å². The van der Waals surface area contributed by atoms with Crippen molar-refractivity contribution in [3.63, 3.8) is 0 Å². The fourth-order valence-corrected chi connectivity index (χ4v) is 1.74. The minimum atomic E-state index is -0.0546. The van der Waals surface area contributed by atoms with Gasteiger partial charge >= 0.3 is 0 Å². The van der Waals surface area contributed by atoms with Gasteiger partial charge in [0.2, 0.25) is 0 Å². The third kappa shape index (κ3) is 1.24. The Morgan fingerprint density at radius 2 is 1.81 bits per heavy atom. The summed E-state index contributed by atoms with van der Waals surface area (Å²) >= 11 is 0. The van der Waals surface area contributed by atoms with Gasteiger partial charge in [-0.3, -0.25) is 4.79 Å². The normalized spacial score (nSPS) is 17.8. The molecule has 4 nitrogen and oxygen atoms in total. The minimum absolute atomic E-state index is 0.0546. The van der Waals surface area contributed by atoms with Gasteiger partial charge < -0.3 is 0 Å². The van der Waals surface area contributed by atoms with E-state index in [2.05, 4.69) is 15.4 Å². The second-order valence-corrected chi connectivity index (χ2v) is 3.46. The fraction of sp³-hybridized carbons (Fsp3) is 0. The lowest BCUT2D eigenvalue weighted by Gasteiger charge is -2.09. The Morgan fingerprint density at radius 3 is 2.62 bits per heavy atom. The second kappa shape index (κ2) is 3.34. The van der Waals surface area contributed by atoms with Crippen LogP contribution in [0.5, 0.6) is 0 Å². The number of rotatable bonds is 1. The Morgan fingerprint density at radius 1 is 1.00 bits per heavy atom. The van der Waals surface area contributed by atoms with Crippen LogP contribution in [0.4, 0.5) is 0 Å². The van der Waals surface area contributed by atoms with Crippen molar-refractivity contribution in [2.24, 2.45) is 15.4 Å². The van der Waals surface area contributed by atoms with Crippen LogP contribution < -0.4 is 0 Å². The molecular formula is C12H7N3O. The average molecular weight is 209 g/mol. The van der Waals surface area contributed by atoms with E-state index in [0.717, 1.165) is 5.56 Å². The zero-order valence-electron chi connectivity index (χ0n) is 8.29. The van der Waals surface area contributed by atoms with E-state index in [1.165, 1.54) is 6.08 Å². The lowest BCUT2D eigenvalue weighted by molar-refractivity contribution is -0.109. The summed E-state index contributed by atoms with van der Waals surface area (Å²) in [6, 6.07) is 9.44. The Hall–Kier alpha value is -2.36. The quantitative estimate of drug-likeness (QED) is 0.655. The van der Waals surface area contributed by atoms with Gasteiger partial charge in [0.15, 0.2) is 5.78 Å². The van der Waals surface area contributed by atoms with Gasteiger partial charge in [-0.15, -0.1) is 10.2 Å². The summed E-state index contributed by atoms with van der Waals surface area (Å²) in [6.45, 7) is 0. The van der Waals surface area contributed by atoms with Gasteiger partial charge in [-0.05, 0) is 22.9 Å². The molecule has 0 saturated heterocycles. The Balaban J connectivity index is 2.22. The maximum absolute atomic E-state index is 11.8. The van der Waals surface area contributed by atoms with Crippen molar-refractivity contribution in [1.29, 1.82) is 0 Å². The molecule has 1 aliphatic heterocycles. The molecule has 0 atom stereocenters. The molecule has 0 saturated carbocycles. The first kappa shape index (κ1) is 8.91. The average Bonchev–Trinajstić information content (AvgIpc) is 2.78. The van der Waals surface area contributed by atoms with Crippen LogP contribution in [0.25, 0.3) is 5.57 Å². The van der Waals surface area contributed by atoms with E-state index in [9.17, 15) is 4.79 Å². The van der Waals surface area contributed by atoms with E-state index in [0.29, 0.717) is 17.0 Å². The second-order valence-electron chi connectivity index (χ2n) is 3.46. The van der Waals surface area contributed by atoms with Crippen molar-refractivity contribution in [2.75, 3.05) is 0 Å². The molecule has 0 radical (unpaired) electrons. The van der Waals surface area contributed by atoms with Crippen LogP contribution in [0.2, 0.25) is 0 Å². The van der Waals surface area contributed by atoms with E-state index < -0.39 is 0 Å². The van der Waals surface area contributed by atoms with E-state index in [1.807, 2.05) is 30.3 Å². The molecule has 0 N–H and O–H groups in total. The molecule has 0 bridgehead atoms. The van der Waals surface area contributed by atoms with Gasteiger partial charge in [0.1, 0.15) is 11.4 Å². The molecule has 0 spiro atoms. The number of allylic oxidation sites excluding steroid dienone is 3. The SMILES string of the molecule is O=C1C=CC2=NN=NC2=C1c1ccccc1. The number of carbonyl (C=O) groups excluding carboxylic acids is 1. The van der Waals surface area contributed by atoms with Crippen LogP contribution in [-0.2, 0) is 4.79 Å². The Bertz CT molecular complexity index is 580. The number of nitrogens with zero attached hydrogens (tertiary/aromatic N) is 3. The zero-order valence-corrected chi connectivity index (χ0v) is 8.29. The largest absolute Gasteiger partial charge is 0.289 e. The standard InChI is InChI=1S/C12H7N3O/c16-10-7-6-9-12(14-15-13-9)11(10)8-4-2-1-3-5-8/h1-7H. The molecule has 0 fully saturated rings. The Kier molecular flexibility index (Phi) is 1.86. The molecule has 0 unspecified atom stereocenters. The van der Waals surface area contributed by atoms with Gasteiger partial charge in [0.05, 0.1) is 5.57 Å². The number of hydrogen-bond donors (Lipinski definition) is 0. The summed E-state index contributed by atoms with van der Waals surface area (Å²) in [7, 11) is 0. The third-order valence-electron chi connectivity index (χ3n) is 2.48. The number of carbonyl (C=O) groups is 1. The molecule has 4 heteroatoms. The summed E-state index contributed by atoms with van der Waals surface area (Å²) in [5.74, 6) is -0.0546.